The molecule has 2 aromatic heterocycles. The van der Waals surface area contributed by atoms with Crippen molar-refractivity contribution in [1.29, 1.82) is 0 Å². The minimum atomic E-state index is 0.0306. The van der Waals surface area contributed by atoms with Gasteiger partial charge in [0.05, 0.1) is 17.9 Å². The Kier molecular flexibility index (Phi) is 6.28. The van der Waals surface area contributed by atoms with E-state index in [4.69, 9.17) is 21.6 Å². The van der Waals surface area contributed by atoms with Crippen LogP contribution in [0.1, 0.15) is 61.0 Å². The quantitative estimate of drug-likeness (QED) is 0.380. The van der Waals surface area contributed by atoms with Crippen molar-refractivity contribution in [1.82, 2.24) is 14.8 Å². The lowest BCUT2D eigenvalue weighted by Crippen LogP contribution is -2.25. The lowest BCUT2D eigenvalue weighted by molar-refractivity contribution is 0.303. The van der Waals surface area contributed by atoms with E-state index in [1.807, 2.05) is 17.7 Å². The average Bonchev–Trinajstić information content (AvgIpc) is 3.02. The van der Waals surface area contributed by atoms with Crippen LogP contribution in [0.2, 0.25) is 0 Å². The molecule has 5 N–H and O–H groups in total. The second-order valence-electron chi connectivity index (χ2n) is 8.57. The summed E-state index contributed by atoms with van der Waals surface area (Å²) in [7, 11) is 0. The van der Waals surface area contributed by atoms with Gasteiger partial charge in [0, 0.05) is 28.9 Å². The fraction of sp³-hybridized carbons (Fsp3) is 0.500. The summed E-state index contributed by atoms with van der Waals surface area (Å²) in [6.07, 6.45) is 3.48. The van der Waals surface area contributed by atoms with Crippen LogP contribution in [0.25, 0.3) is 5.70 Å². The Labute approximate surface area is 177 Å². The van der Waals surface area contributed by atoms with Crippen LogP contribution in [0, 0.1) is 12.3 Å². The van der Waals surface area contributed by atoms with Gasteiger partial charge < -0.3 is 15.7 Å². The molecule has 3 rings (SSSR count). The van der Waals surface area contributed by atoms with Crippen LogP contribution in [-0.4, -0.2) is 32.3 Å². The summed E-state index contributed by atoms with van der Waals surface area (Å²) >= 11 is 0. The van der Waals surface area contributed by atoms with Gasteiger partial charge in [-0.1, -0.05) is 27.4 Å². The number of pyridine rings is 1. The van der Waals surface area contributed by atoms with Crippen LogP contribution in [0.5, 0.6) is 5.88 Å². The van der Waals surface area contributed by atoms with Crippen LogP contribution in [0.15, 0.2) is 17.6 Å². The van der Waals surface area contributed by atoms with E-state index in [1.165, 1.54) is 0 Å². The molecule has 0 aliphatic heterocycles. The van der Waals surface area contributed by atoms with Gasteiger partial charge >= 0.3 is 0 Å². The van der Waals surface area contributed by atoms with E-state index >= 15 is 0 Å². The molecule has 1 aliphatic carbocycles. The number of rotatable bonds is 6. The first kappa shape index (κ1) is 22.0. The van der Waals surface area contributed by atoms with E-state index in [-0.39, 0.29) is 17.2 Å². The molecule has 0 bridgehead atoms. The molecule has 0 aromatic carbocycles. The van der Waals surface area contributed by atoms with Crippen molar-refractivity contribution in [3.8, 4) is 5.88 Å². The predicted octanol–water partition coefficient (Wildman–Crippen LogP) is 2.64. The Bertz CT molecular complexity index is 990. The van der Waals surface area contributed by atoms with Crippen molar-refractivity contribution < 1.29 is 9.94 Å². The maximum absolute atomic E-state index is 9.99. The smallest absolute Gasteiger partial charge is 0.266 e. The normalized spacial score (nSPS) is 15.7. The third-order valence-electron chi connectivity index (χ3n) is 5.72. The van der Waals surface area contributed by atoms with Gasteiger partial charge in [0.25, 0.3) is 5.90 Å². The number of aryl methyl sites for hydroxylation is 2. The minimum Gasteiger partial charge on any atom is -0.493 e. The van der Waals surface area contributed by atoms with Crippen LogP contribution < -0.4 is 11.6 Å². The van der Waals surface area contributed by atoms with Crippen molar-refractivity contribution in [2.24, 2.45) is 22.0 Å². The lowest BCUT2D eigenvalue weighted by atomic mass is 9.76. The number of aromatic nitrogens is 3. The molecule has 0 amide bonds. The Hall–Kier alpha value is -2.71. The molecule has 0 atom stereocenters. The first-order chi connectivity index (χ1) is 14.2. The molecule has 0 radical (unpaired) electrons. The van der Waals surface area contributed by atoms with Gasteiger partial charge in [-0.3, -0.25) is 4.68 Å². The average molecular weight is 413 g/mol. The molecule has 2 aromatic rings. The summed E-state index contributed by atoms with van der Waals surface area (Å²) in [6, 6.07) is 1.85. The van der Waals surface area contributed by atoms with Gasteiger partial charge in [-0.15, -0.1) is 0 Å². The minimum absolute atomic E-state index is 0.0306. The molecule has 8 nitrogen and oxygen atoms in total. The Balaban J connectivity index is 2.04. The summed E-state index contributed by atoms with van der Waals surface area (Å²) in [5.41, 5.74) is 11.5. The van der Waals surface area contributed by atoms with Gasteiger partial charge in [-0.25, -0.2) is 9.98 Å². The number of nitrogens with zero attached hydrogens (tertiary/aromatic N) is 4. The second kappa shape index (κ2) is 8.57. The summed E-state index contributed by atoms with van der Waals surface area (Å²) in [5, 5.41) is 14.7. The van der Waals surface area contributed by atoms with Crippen molar-refractivity contribution in [3.63, 3.8) is 0 Å². The van der Waals surface area contributed by atoms with E-state index in [1.54, 1.807) is 6.92 Å². The van der Waals surface area contributed by atoms with E-state index < -0.39 is 0 Å². The Morgan fingerprint density at radius 2 is 2.17 bits per heavy atom. The fourth-order valence-corrected chi connectivity index (χ4v) is 3.98. The first-order valence-electron chi connectivity index (χ1n) is 10.3. The molecule has 0 fully saturated rings. The van der Waals surface area contributed by atoms with Crippen LogP contribution in [-0.2, 0) is 30.6 Å². The molecule has 30 heavy (non-hydrogen) atoms. The number of fused-ring (bicyclic) bond motifs is 1. The van der Waals surface area contributed by atoms with E-state index in [2.05, 4.69) is 30.4 Å². The highest BCUT2D eigenvalue weighted by Gasteiger charge is 2.32. The Morgan fingerprint density at radius 3 is 2.80 bits per heavy atom. The molecule has 8 heteroatoms. The summed E-state index contributed by atoms with van der Waals surface area (Å²) < 4.78 is 1.95. The highest BCUT2D eigenvalue weighted by atomic mass is 16.6. The van der Waals surface area contributed by atoms with Gasteiger partial charge in [-0.2, -0.15) is 11.0 Å². The topological polar surface area (TPSA) is 125 Å². The molecular weight excluding hydrogens is 380 g/mol. The zero-order valence-corrected chi connectivity index (χ0v) is 18.3. The molecule has 1 aliphatic rings. The highest BCUT2D eigenvalue weighted by molar-refractivity contribution is 5.97. The van der Waals surface area contributed by atoms with Crippen molar-refractivity contribution >= 4 is 11.6 Å². The van der Waals surface area contributed by atoms with Crippen LogP contribution >= 0.6 is 0 Å². The molecule has 0 saturated heterocycles. The molecule has 2 heterocycles. The maximum atomic E-state index is 9.99. The van der Waals surface area contributed by atoms with Crippen LogP contribution in [0.3, 0.4) is 0 Å². The second-order valence-corrected chi connectivity index (χ2v) is 8.57. The predicted molar refractivity (Wildman–Crippen MR) is 118 cm³/mol. The first-order valence-corrected chi connectivity index (χ1v) is 10.3. The SMILES string of the molecule is C=C(/N=C(\ON)c1nn(CCN)c2c1CCC(C)(C)C2)c1cc(CC)c(O)nc1C. The molecule has 0 saturated carbocycles. The monoisotopic (exact) mass is 412 g/mol. The highest BCUT2D eigenvalue weighted by Crippen LogP contribution is 2.36. The van der Waals surface area contributed by atoms with Crippen molar-refractivity contribution in [3.05, 3.63) is 46.4 Å². The summed E-state index contributed by atoms with van der Waals surface area (Å²) in [6.45, 7) is 13.5. The number of aromatic hydroxyl groups is 1. The zero-order valence-electron chi connectivity index (χ0n) is 18.3. The molecule has 0 spiro atoms. The zero-order chi connectivity index (χ0) is 22.1. The van der Waals surface area contributed by atoms with Crippen molar-refractivity contribution in [2.75, 3.05) is 6.54 Å². The van der Waals surface area contributed by atoms with Gasteiger partial charge in [-0.05, 0) is 44.1 Å². The third-order valence-corrected chi connectivity index (χ3v) is 5.72. The number of nitrogens with two attached hydrogens (primary N) is 2. The number of hydrogen-bond acceptors (Lipinski definition) is 7. The summed E-state index contributed by atoms with van der Waals surface area (Å²) in [4.78, 5) is 13.9. The summed E-state index contributed by atoms with van der Waals surface area (Å²) in [5.74, 6) is 5.87. The number of hydrogen-bond donors (Lipinski definition) is 3. The molecule has 162 valence electrons. The number of aliphatic imine (C=N–C) groups is 1. The van der Waals surface area contributed by atoms with E-state index in [0.29, 0.717) is 36.6 Å². The van der Waals surface area contributed by atoms with E-state index in [9.17, 15) is 5.11 Å². The molecular formula is C22H32N6O2. The van der Waals surface area contributed by atoms with E-state index in [0.717, 1.165) is 41.6 Å². The maximum Gasteiger partial charge on any atom is 0.266 e. The van der Waals surface area contributed by atoms with Gasteiger partial charge in [0.2, 0.25) is 5.88 Å². The lowest BCUT2D eigenvalue weighted by Gasteiger charge is -2.30. The van der Waals surface area contributed by atoms with Gasteiger partial charge in [0.15, 0.2) is 5.69 Å². The fourth-order valence-electron chi connectivity index (χ4n) is 3.98. The Morgan fingerprint density at radius 1 is 1.43 bits per heavy atom. The molecule has 0 unspecified atom stereocenters. The van der Waals surface area contributed by atoms with Crippen LogP contribution in [0.4, 0.5) is 0 Å². The standard InChI is InChI=1S/C22H32N6O2/c1-6-15-11-17(13(2)25-20(15)29)14(3)26-21(30-24)19-16-7-8-22(4,5)12-18(16)28(27-19)10-9-23/h11H,3,6-10,12,23-24H2,1-2,4-5H3,(H,25,29)/b26-21-. The van der Waals surface area contributed by atoms with Crippen molar-refractivity contribution in [2.45, 2.75) is 59.9 Å². The van der Waals surface area contributed by atoms with Gasteiger partial charge in [0.1, 0.15) is 0 Å². The third kappa shape index (κ3) is 4.24. The largest absolute Gasteiger partial charge is 0.493 e.